The van der Waals surface area contributed by atoms with Gasteiger partial charge in [0.2, 0.25) is 0 Å². The van der Waals surface area contributed by atoms with Crippen molar-refractivity contribution < 1.29 is 9.53 Å². The van der Waals surface area contributed by atoms with E-state index in [0.717, 1.165) is 30.7 Å². The average molecular weight is 284 g/mol. The van der Waals surface area contributed by atoms with Crippen LogP contribution in [-0.2, 0) is 4.74 Å². The Hall–Kier alpha value is -2.07. The molecule has 21 heavy (non-hydrogen) atoms. The van der Waals surface area contributed by atoms with Gasteiger partial charge in [-0.15, -0.1) is 0 Å². The maximum atomic E-state index is 12.3. The molecular formula is C17H20N2O2. The third-order valence-corrected chi connectivity index (χ3v) is 3.87. The largest absolute Gasteiger partial charge is 0.376 e. The monoisotopic (exact) mass is 284 g/mol. The molecule has 110 valence electrons. The molecule has 4 nitrogen and oxygen atoms in total. The second-order valence-corrected chi connectivity index (χ2v) is 5.44. The fraction of sp³-hybridized carbons (Fsp3) is 0.353. The summed E-state index contributed by atoms with van der Waals surface area (Å²) in [5.74, 6) is -0.0427. The summed E-state index contributed by atoms with van der Waals surface area (Å²) in [6, 6.07) is 9.73. The van der Waals surface area contributed by atoms with Crippen LogP contribution in [0.3, 0.4) is 0 Å². The van der Waals surface area contributed by atoms with Gasteiger partial charge in [-0.25, -0.2) is 0 Å². The van der Waals surface area contributed by atoms with Crippen molar-refractivity contribution in [3.63, 3.8) is 0 Å². The Morgan fingerprint density at radius 3 is 2.90 bits per heavy atom. The van der Waals surface area contributed by atoms with Crippen LogP contribution in [-0.4, -0.2) is 29.7 Å². The lowest BCUT2D eigenvalue weighted by Crippen LogP contribution is -2.31. The van der Waals surface area contributed by atoms with Gasteiger partial charge in [-0.3, -0.25) is 4.79 Å². The van der Waals surface area contributed by atoms with E-state index in [1.807, 2.05) is 54.2 Å². The molecule has 1 aliphatic rings. The van der Waals surface area contributed by atoms with Crippen LogP contribution in [0.4, 0.5) is 0 Å². The molecule has 1 aromatic heterocycles. The summed E-state index contributed by atoms with van der Waals surface area (Å²) in [5.41, 5.74) is 2.86. The number of ether oxygens (including phenoxy) is 1. The van der Waals surface area contributed by atoms with Gasteiger partial charge in [0.15, 0.2) is 0 Å². The fourth-order valence-corrected chi connectivity index (χ4v) is 2.64. The molecule has 1 saturated heterocycles. The van der Waals surface area contributed by atoms with Crippen LogP contribution < -0.4 is 5.32 Å². The van der Waals surface area contributed by atoms with E-state index in [1.165, 1.54) is 0 Å². The highest BCUT2D eigenvalue weighted by molar-refractivity contribution is 5.94. The molecule has 1 N–H and O–H groups in total. The molecule has 1 amide bonds. The third kappa shape index (κ3) is 3.16. The lowest BCUT2D eigenvalue weighted by atomic mass is 10.1. The molecule has 3 rings (SSSR count). The van der Waals surface area contributed by atoms with Crippen LogP contribution in [0.2, 0.25) is 0 Å². The molecule has 1 aliphatic heterocycles. The minimum Gasteiger partial charge on any atom is -0.376 e. The number of nitrogens with zero attached hydrogens (tertiary/aromatic N) is 1. The molecule has 1 atom stereocenters. The van der Waals surface area contributed by atoms with Crippen molar-refractivity contribution in [3.05, 3.63) is 53.9 Å². The van der Waals surface area contributed by atoms with Crippen LogP contribution in [0.15, 0.2) is 42.7 Å². The molecule has 2 aromatic rings. The predicted molar refractivity (Wildman–Crippen MR) is 81.8 cm³/mol. The van der Waals surface area contributed by atoms with Crippen molar-refractivity contribution in [3.8, 4) is 5.69 Å². The Morgan fingerprint density at radius 1 is 1.38 bits per heavy atom. The summed E-state index contributed by atoms with van der Waals surface area (Å²) in [6.45, 7) is 3.44. The van der Waals surface area contributed by atoms with Crippen LogP contribution in [0.1, 0.15) is 28.8 Å². The number of aryl methyl sites for hydroxylation is 1. The molecule has 4 heteroatoms. The van der Waals surface area contributed by atoms with Crippen LogP contribution in [0.25, 0.3) is 5.69 Å². The van der Waals surface area contributed by atoms with Crippen molar-refractivity contribution in [1.29, 1.82) is 0 Å². The number of aromatic nitrogens is 1. The minimum absolute atomic E-state index is 0.0427. The maximum absolute atomic E-state index is 12.3. The standard InChI is InChI=1S/C17H20N2O2/c1-13-6-7-14(11-16(13)19-8-2-3-9-19)17(20)18-12-15-5-4-10-21-15/h2-3,6-9,11,15H,4-5,10,12H2,1H3,(H,18,20). The molecule has 0 radical (unpaired) electrons. The third-order valence-electron chi connectivity index (χ3n) is 3.87. The second kappa shape index (κ2) is 6.14. The average Bonchev–Trinajstić information content (AvgIpc) is 3.18. The summed E-state index contributed by atoms with van der Waals surface area (Å²) in [5, 5.41) is 2.96. The van der Waals surface area contributed by atoms with E-state index in [2.05, 4.69) is 5.32 Å². The highest BCUT2D eigenvalue weighted by Gasteiger charge is 2.17. The SMILES string of the molecule is Cc1ccc(C(=O)NCC2CCCO2)cc1-n1cccc1. The summed E-state index contributed by atoms with van der Waals surface area (Å²) in [7, 11) is 0. The topological polar surface area (TPSA) is 43.3 Å². The van der Waals surface area contributed by atoms with Gasteiger partial charge in [-0.05, 0) is 49.6 Å². The number of nitrogens with one attached hydrogen (secondary N) is 1. The summed E-state index contributed by atoms with van der Waals surface area (Å²) >= 11 is 0. The van der Waals surface area contributed by atoms with Crippen molar-refractivity contribution in [2.45, 2.75) is 25.9 Å². The normalized spacial score (nSPS) is 17.9. The fourth-order valence-electron chi connectivity index (χ4n) is 2.64. The lowest BCUT2D eigenvalue weighted by Gasteiger charge is -2.13. The van der Waals surface area contributed by atoms with E-state index < -0.39 is 0 Å². The Morgan fingerprint density at radius 2 is 2.19 bits per heavy atom. The first-order valence-electron chi connectivity index (χ1n) is 7.38. The number of hydrogen-bond donors (Lipinski definition) is 1. The van der Waals surface area contributed by atoms with Crippen molar-refractivity contribution in [2.24, 2.45) is 0 Å². The summed E-state index contributed by atoms with van der Waals surface area (Å²) < 4.78 is 7.54. The Bertz CT molecular complexity index is 614. The first kappa shape index (κ1) is 13.9. The van der Waals surface area contributed by atoms with Gasteiger partial charge in [0.25, 0.3) is 5.91 Å². The van der Waals surface area contributed by atoms with E-state index in [-0.39, 0.29) is 12.0 Å². The van der Waals surface area contributed by atoms with Gasteiger partial charge in [0.05, 0.1) is 6.10 Å². The molecule has 0 aliphatic carbocycles. The number of benzene rings is 1. The predicted octanol–water partition coefficient (Wildman–Crippen LogP) is 2.69. The zero-order chi connectivity index (χ0) is 14.7. The van der Waals surface area contributed by atoms with Crippen molar-refractivity contribution >= 4 is 5.91 Å². The number of carbonyl (C=O) groups excluding carboxylic acids is 1. The molecule has 0 bridgehead atoms. The minimum atomic E-state index is -0.0427. The van der Waals surface area contributed by atoms with Crippen molar-refractivity contribution in [2.75, 3.05) is 13.2 Å². The zero-order valence-corrected chi connectivity index (χ0v) is 12.2. The van der Waals surface area contributed by atoms with Crippen molar-refractivity contribution in [1.82, 2.24) is 9.88 Å². The van der Waals surface area contributed by atoms with Gasteiger partial charge < -0.3 is 14.6 Å². The Kier molecular flexibility index (Phi) is 4.06. The van der Waals surface area contributed by atoms with E-state index in [0.29, 0.717) is 12.1 Å². The van der Waals surface area contributed by atoms with Gasteiger partial charge in [-0.2, -0.15) is 0 Å². The molecule has 0 spiro atoms. The van der Waals surface area contributed by atoms with E-state index in [1.54, 1.807) is 0 Å². The summed E-state index contributed by atoms with van der Waals surface area (Å²) in [6.07, 6.45) is 6.25. The number of amides is 1. The van der Waals surface area contributed by atoms with Gasteiger partial charge in [0, 0.05) is 36.8 Å². The molecular weight excluding hydrogens is 264 g/mol. The first-order valence-corrected chi connectivity index (χ1v) is 7.38. The second-order valence-electron chi connectivity index (χ2n) is 5.44. The van der Waals surface area contributed by atoms with E-state index >= 15 is 0 Å². The Balaban J connectivity index is 1.72. The van der Waals surface area contributed by atoms with E-state index in [9.17, 15) is 4.79 Å². The molecule has 1 fully saturated rings. The first-order chi connectivity index (χ1) is 10.2. The number of hydrogen-bond acceptors (Lipinski definition) is 2. The van der Waals surface area contributed by atoms with Crippen LogP contribution >= 0.6 is 0 Å². The quantitative estimate of drug-likeness (QED) is 0.938. The summed E-state index contributed by atoms with van der Waals surface area (Å²) in [4.78, 5) is 12.3. The van der Waals surface area contributed by atoms with Gasteiger partial charge >= 0.3 is 0 Å². The molecule has 1 aromatic carbocycles. The smallest absolute Gasteiger partial charge is 0.251 e. The number of rotatable bonds is 4. The Labute approximate surface area is 124 Å². The molecule has 1 unspecified atom stereocenters. The number of carbonyl (C=O) groups is 1. The van der Waals surface area contributed by atoms with Crippen LogP contribution in [0, 0.1) is 6.92 Å². The van der Waals surface area contributed by atoms with E-state index in [4.69, 9.17) is 4.74 Å². The highest BCUT2D eigenvalue weighted by Crippen LogP contribution is 2.17. The van der Waals surface area contributed by atoms with Crippen LogP contribution in [0.5, 0.6) is 0 Å². The van der Waals surface area contributed by atoms with Gasteiger partial charge in [-0.1, -0.05) is 6.07 Å². The molecule has 0 saturated carbocycles. The highest BCUT2D eigenvalue weighted by atomic mass is 16.5. The molecule has 2 heterocycles. The van der Waals surface area contributed by atoms with Gasteiger partial charge in [0.1, 0.15) is 0 Å². The lowest BCUT2D eigenvalue weighted by molar-refractivity contribution is 0.0858. The maximum Gasteiger partial charge on any atom is 0.251 e. The zero-order valence-electron chi connectivity index (χ0n) is 12.2.